The Kier molecular flexibility index (Phi) is 4.46. The predicted octanol–water partition coefficient (Wildman–Crippen LogP) is 0.990. The number of carbonyl (C=O) groups is 2. The van der Waals surface area contributed by atoms with Gasteiger partial charge in [-0.05, 0) is 18.2 Å². The summed E-state index contributed by atoms with van der Waals surface area (Å²) in [6.07, 6.45) is 4.41. The molecule has 9 heteroatoms. The van der Waals surface area contributed by atoms with E-state index in [1.807, 2.05) is 24.1 Å². The summed E-state index contributed by atoms with van der Waals surface area (Å²) in [6.45, 7) is 0.825. The van der Waals surface area contributed by atoms with Crippen LogP contribution in [0.4, 0.5) is 5.82 Å². The molecule has 0 atom stereocenters. The minimum atomic E-state index is -0.576. The second-order valence-electron chi connectivity index (χ2n) is 7.99. The lowest BCUT2D eigenvalue weighted by Gasteiger charge is -2.50. The Morgan fingerprint density at radius 2 is 1.90 bits per heavy atom. The second kappa shape index (κ2) is 7.19. The quantitative estimate of drug-likeness (QED) is 0.666. The SMILES string of the molecule is CN1c2ncccc2C(=O)NC12CCN(C(=O)Cn1ncc3ccccc3c1=O)CC2. The topological polar surface area (TPSA) is 100 Å². The van der Waals surface area contributed by atoms with Crippen molar-refractivity contribution in [3.05, 3.63) is 64.7 Å². The summed E-state index contributed by atoms with van der Waals surface area (Å²) in [5.74, 6) is 0.342. The van der Waals surface area contributed by atoms with Crippen molar-refractivity contribution in [1.82, 2.24) is 25.0 Å². The van der Waals surface area contributed by atoms with Crippen molar-refractivity contribution in [1.29, 1.82) is 0 Å². The molecule has 3 aromatic rings. The fourth-order valence-corrected chi connectivity index (χ4v) is 4.46. The van der Waals surface area contributed by atoms with Gasteiger partial charge in [0.25, 0.3) is 11.5 Å². The van der Waals surface area contributed by atoms with E-state index in [0.717, 1.165) is 5.39 Å². The summed E-state index contributed by atoms with van der Waals surface area (Å²) in [5.41, 5.74) is -0.300. The molecule has 2 aromatic heterocycles. The van der Waals surface area contributed by atoms with Crippen molar-refractivity contribution in [2.24, 2.45) is 0 Å². The van der Waals surface area contributed by atoms with Crippen molar-refractivity contribution in [2.75, 3.05) is 25.0 Å². The molecule has 1 aromatic carbocycles. The van der Waals surface area contributed by atoms with Crippen LogP contribution in [0.1, 0.15) is 23.2 Å². The summed E-state index contributed by atoms with van der Waals surface area (Å²) in [7, 11) is 1.92. The number of pyridine rings is 1. The number of hydrogen-bond donors (Lipinski definition) is 1. The first-order valence-corrected chi connectivity index (χ1v) is 10.2. The van der Waals surface area contributed by atoms with Gasteiger partial charge in [0.05, 0.1) is 17.1 Å². The predicted molar refractivity (Wildman–Crippen MR) is 115 cm³/mol. The Labute approximate surface area is 178 Å². The molecule has 2 aliphatic rings. The van der Waals surface area contributed by atoms with E-state index in [4.69, 9.17) is 0 Å². The zero-order chi connectivity index (χ0) is 21.6. The molecule has 9 nitrogen and oxygen atoms in total. The number of fused-ring (bicyclic) bond motifs is 2. The highest BCUT2D eigenvalue weighted by molar-refractivity contribution is 6.01. The van der Waals surface area contributed by atoms with E-state index in [9.17, 15) is 14.4 Å². The highest BCUT2D eigenvalue weighted by Gasteiger charge is 2.45. The molecule has 1 N–H and O–H groups in total. The lowest BCUT2D eigenvalue weighted by molar-refractivity contribution is -0.133. The number of aromatic nitrogens is 3. The van der Waals surface area contributed by atoms with E-state index in [0.29, 0.717) is 42.7 Å². The molecular weight excluding hydrogens is 396 g/mol. The maximum Gasteiger partial charge on any atom is 0.275 e. The van der Waals surface area contributed by atoms with Gasteiger partial charge in [-0.2, -0.15) is 5.10 Å². The Morgan fingerprint density at radius 3 is 2.71 bits per heavy atom. The Bertz CT molecular complexity index is 1250. The van der Waals surface area contributed by atoms with Crippen LogP contribution in [0.3, 0.4) is 0 Å². The Morgan fingerprint density at radius 1 is 1.13 bits per heavy atom. The van der Waals surface area contributed by atoms with Crippen LogP contribution in [0.25, 0.3) is 10.8 Å². The summed E-state index contributed by atoms with van der Waals surface area (Å²) >= 11 is 0. The van der Waals surface area contributed by atoms with E-state index >= 15 is 0 Å². The Balaban J connectivity index is 1.31. The number of rotatable bonds is 2. The number of piperidine rings is 1. The smallest absolute Gasteiger partial charge is 0.275 e. The van der Waals surface area contributed by atoms with Gasteiger partial charge in [0.2, 0.25) is 5.91 Å². The molecular formula is C22H22N6O3. The molecule has 2 amide bonds. The van der Waals surface area contributed by atoms with Gasteiger partial charge in [-0.15, -0.1) is 0 Å². The van der Waals surface area contributed by atoms with Crippen LogP contribution in [0.5, 0.6) is 0 Å². The van der Waals surface area contributed by atoms with Crippen molar-refractivity contribution in [3.63, 3.8) is 0 Å². The number of nitrogens with zero attached hydrogens (tertiary/aromatic N) is 5. The summed E-state index contributed by atoms with van der Waals surface area (Å²) < 4.78 is 1.21. The highest BCUT2D eigenvalue weighted by atomic mass is 16.2. The van der Waals surface area contributed by atoms with Crippen LogP contribution < -0.4 is 15.8 Å². The third-order valence-electron chi connectivity index (χ3n) is 6.33. The number of benzene rings is 1. The molecule has 0 saturated carbocycles. The molecule has 0 radical (unpaired) electrons. The highest BCUT2D eigenvalue weighted by Crippen LogP contribution is 2.34. The molecule has 1 saturated heterocycles. The van der Waals surface area contributed by atoms with Gasteiger partial charge in [-0.1, -0.05) is 18.2 Å². The maximum atomic E-state index is 12.9. The molecule has 4 heterocycles. The monoisotopic (exact) mass is 418 g/mol. The molecule has 1 spiro atoms. The van der Waals surface area contributed by atoms with Gasteiger partial charge in [0.15, 0.2) is 0 Å². The first-order valence-electron chi connectivity index (χ1n) is 10.2. The van der Waals surface area contributed by atoms with Gasteiger partial charge in [0.1, 0.15) is 18.0 Å². The maximum absolute atomic E-state index is 12.9. The molecule has 1 fully saturated rings. The largest absolute Gasteiger partial charge is 0.341 e. The first-order chi connectivity index (χ1) is 15.0. The zero-order valence-corrected chi connectivity index (χ0v) is 17.1. The number of carbonyl (C=O) groups excluding carboxylic acids is 2. The van der Waals surface area contributed by atoms with E-state index in [1.54, 1.807) is 41.6 Å². The van der Waals surface area contributed by atoms with Gasteiger partial charge in [0, 0.05) is 44.6 Å². The van der Waals surface area contributed by atoms with Gasteiger partial charge in [-0.25, -0.2) is 9.67 Å². The van der Waals surface area contributed by atoms with Gasteiger partial charge >= 0.3 is 0 Å². The van der Waals surface area contributed by atoms with E-state index in [-0.39, 0.29) is 23.9 Å². The van der Waals surface area contributed by atoms with Crippen LogP contribution in [0.15, 0.2) is 53.6 Å². The standard InChI is InChI=1S/C22H22N6O3/c1-26-19-17(7-4-10-23-19)20(30)25-22(26)8-11-27(12-9-22)18(29)14-28-21(31)16-6-3-2-5-15(16)13-24-28/h2-7,10,13H,8-9,11-12,14H2,1H3,(H,25,30). The number of nitrogens with one attached hydrogen (secondary N) is 1. The first kappa shape index (κ1) is 19.2. The van der Waals surface area contributed by atoms with Crippen molar-refractivity contribution >= 4 is 28.4 Å². The van der Waals surface area contributed by atoms with E-state index < -0.39 is 5.66 Å². The number of anilines is 1. The van der Waals surface area contributed by atoms with Gasteiger partial charge < -0.3 is 15.1 Å². The minimum absolute atomic E-state index is 0.108. The second-order valence-corrected chi connectivity index (χ2v) is 7.99. The van der Waals surface area contributed by atoms with Crippen molar-refractivity contribution in [2.45, 2.75) is 25.0 Å². The third kappa shape index (κ3) is 3.13. The van der Waals surface area contributed by atoms with E-state index in [1.165, 1.54) is 4.68 Å². The summed E-state index contributed by atoms with van der Waals surface area (Å²) in [4.78, 5) is 46.2. The van der Waals surface area contributed by atoms with Gasteiger partial charge in [-0.3, -0.25) is 14.4 Å². The Hall–Kier alpha value is -3.75. The normalized spacial score (nSPS) is 17.5. The average molecular weight is 418 g/mol. The third-order valence-corrected chi connectivity index (χ3v) is 6.33. The zero-order valence-electron chi connectivity index (χ0n) is 17.1. The number of hydrogen-bond acceptors (Lipinski definition) is 6. The molecule has 31 heavy (non-hydrogen) atoms. The van der Waals surface area contributed by atoms with Crippen LogP contribution in [-0.4, -0.2) is 57.3 Å². The number of likely N-dealkylation sites (tertiary alicyclic amines) is 1. The summed E-state index contributed by atoms with van der Waals surface area (Å²) in [6, 6.07) is 10.7. The van der Waals surface area contributed by atoms with Crippen LogP contribution in [0.2, 0.25) is 0 Å². The molecule has 0 aliphatic carbocycles. The van der Waals surface area contributed by atoms with Crippen molar-refractivity contribution in [3.8, 4) is 0 Å². The number of amides is 2. The fourth-order valence-electron chi connectivity index (χ4n) is 4.46. The minimum Gasteiger partial charge on any atom is -0.341 e. The van der Waals surface area contributed by atoms with E-state index in [2.05, 4.69) is 15.4 Å². The molecule has 2 aliphatic heterocycles. The van der Waals surface area contributed by atoms with Crippen LogP contribution >= 0.6 is 0 Å². The molecule has 0 bridgehead atoms. The fraction of sp³-hybridized carbons (Fsp3) is 0.318. The lowest BCUT2D eigenvalue weighted by atomic mass is 9.91. The average Bonchev–Trinajstić information content (AvgIpc) is 2.80. The summed E-state index contributed by atoms with van der Waals surface area (Å²) in [5, 5.41) is 8.57. The van der Waals surface area contributed by atoms with Crippen molar-refractivity contribution < 1.29 is 9.59 Å². The molecule has 0 unspecified atom stereocenters. The van der Waals surface area contributed by atoms with Crippen LogP contribution in [-0.2, 0) is 11.3 Å². The lowest BCUT2D eigenvalue weighted by Crippen LogP contribution is -2.67. The van der Waals surface area contributed by atoms with Crippen LogP contribution in [0, 0.1) is 0 Å². The molecule has 158 valence electrons. The molecule has 5 rings (SSSR count).